The number of hydrogen-bond donors (Lipinski definition) is 0. The molecule has 2 aromatic heterocycles. The van der Waals surface area contributed by atoms with Crippen LogP contribution in [-0.4, -0.2) is 14.8 Å². The zero-order valence-electron chi connectivity index (χ0n) is 10.4. The van der Waals surface area contributed by atoms with Crippen LogP contribution in [0.15, 0.2) is 12.4 Å². The molecular formula is C13H17BrN2S. The summed E-state index contributed by atoms with van der Waals surface area (Å²) in [6.45, 7) is 6.63. The Morgan fingerprint density at radius 1 is 1.35 bits per heavy atom. The maximum atomic E-state index is 4.44. The van der Waals surface area contributed by atoms with Gasteiger partial charge in [0.2, 0.25) is 0 Å². The van der Waals surface area contributed by atoms with Crippen molar-refractivity contribution in [2.75, 3.05) is 0 Å². The highest BCUT2D eigenvalue weighted by molar-refractivity contribution is 9.09. The van der Waals surface area contributed by atoms with Crippen molar-refractivity contribution >= 4 is 37.5 Å². The van der Waals surface area contributed by atoms with Crippen LogP contribution in [0.1, 0.15) is 31.3 Å². The van der Waals surface area contributed by atoms with Gasteiger partial charge in [0.1, 0.15) is 11.2 Å². The summed E-state index contributed by atoms with van der Waals surface area (Å²) in [5.74, 6) is 0.615. The molecule has 17 heavy (non-hydrogen) atoms. The van der Waals surface area contributed by atoms with Crippen LogP contribution in [0.2, 0.25) is 0 Å². The molecule has 0 aliphatic heterocycles. The van der Waals surface area contributed by atoms with Gasteiger partial charge in [0.15, 0.2) is 0 Å². The van der Waals surface area contributed by atoms with Crippen molar-refractivity contribution in [3.63, 3.8) is 0 Å². The van der Waals surface area contributed by atoms with E-state index in [0.717, 1.165) is 17.7 Å². The number of hydrogen-bond acceptors (Lipinski definition) is 3. The molecule has 1 unspecified atom stereocenters. The van der Waals surface area contributed by atoms with E-state index in [1.54, 1.807) is 17.7 Å². The maximum Gasteiger partial charge on any atom is 0.127 e. The fraction of sp³-hybridized carbons (Fsp3) is 0.538. The Balaban J connectivity index is 2.36. The molecule has 0 N–H and O–H groups in total. The van der Waals surface area contributed by atoms with Crippen molar-refractivity contribution in [1.29, 1.82) is 0 Å². The molecule has 4 heteroatoms. The van der Waals surface area contributed by atoms with Gasteiger partial charge >= 0.3 is 0 Å². The number of aromatic nitrogens is 2. The zero-order chi connectivity index (χ0) is 12.4. The lowest BCUT2D eigenvalue weighted by Gasteiger charge is -2.13. The lowest BCUT2D eigenvalue weighted by Crippen LogP contribution is -2.11. The molecule has 0 amide bonds. The van der Waals surface area contributed by atoms with Crippen molar-refractivity contribution in [2.24, 2.45) is 5.92 Å². The average molecular weight is 313 g/mol. The Morgan fingerprint density at radius 3 is 2.76 bits per heavy atom. The Kier molecular flexibility index (Phi) is 4.15. The molecule has 0 fully saturated rings. The maximum absolute atomic E-state index is 4.44. The predicted octanol–water partition coefficient (Wildman–Crippen LogP) is 4.22. The Hall–Kier alpha value is -0.480. The number of halogens is 1. The zero-order valence-corrected chi connectivity index (χ0v) is 12.8. The number of aryl methyl sites for hydroxylation is 1. The van der Waals surface area contributed by atoms with Crippen LogP contribution >= 0.6 is 27.3 Å². The molecule has 0 aliphatic rings. The first-order valence-corrected chi connectivity index (χ1v) is 7.71. The summed E-state index contributed by atoms with van der Waals surface area (Å²) in [4.78, 5) is 11.8. The van der Waals surface area contributed by atoms with E-state index in [2.05, 4.69) is 52.7 Å². The van der Waals surface area contributed by atoms with Gasteiger partial charge in [-0.1, -0.05) is 36.7 Å². The molecule has 0 radical (unpaired) electrons. The first-order valence-electron chi connectivity index (χ1n) is 5.98. The lowest BCUT2D eigenvalue weighted by molar-refractivity contribution is 0.609. The average Bonchev–Trinajstić information content (AvgIpc) is 2.72. The van der Waals surface area contributed by atoms with Crippen LogP contribution in [0.25, 0.3) is 10.2 Å². The highest BCUT2D eigenvalue weighted by Gasteiger charge is 2.14. The quantitative estimate of drug-likeness (QED) is 0.790. The molecule has 2 rings (SSSR count). The number of nitrogens with zero attached hydrogens (tertiary/aromatic N) is 2. The van der Waals surface area contributed by atoms with Crippen LogP contribution < -0.4 is 0 Å². The van der Waals surface area contributed by atoms with Gasteiger partial charge in [-0.25, -0.2) is 9.97 Å². The summed E-state index contributed by atoms with van der Waals surface area (Å²) in [6, 6.07) is 2.25. The number of rotatable bonds is 4. The van der Waals surface area contributed by atoms with E-state index in [-0.39, 0.29) is 0 Å². The van der Waals surface area contributed by atoms with E-state index in [1.807, 2.05) is 0 Å². The van der Waals surface area contributed by atoms with Gasteiger partial charge in [0.25, 0.3) is 0 Å². The lowest BCUT2D eigenvalue weighted by atomic mass is 10.0. The smallest absolute Gasteiger partial charge is 0.127 e. The van der Waals surface area contributed by atoms with Gasteiger partial charge in [0.05, 0.1) is 5.69 Å². The number of fused-ring (bicyclic) bond motifs is 1. The minimum atomic E-state index is 0.477. The number of alkyl halides is 1. The predicted molar refractivity (Wildman–Crippen MR) is 78.1 cm³/mol. The standard InChI is InChI=1S/C13H17BrN2S/c1-4-9-5-10-12(6-11(14)8(2)3)15-7-16-13(10)17-9/h5,7-8,11H,4,6H2,1-3H3. The van der Waals surface area contributed by atoms with Crippen molar-refractivity contribution in [3.8, 4) is 0 Å². The summed E-state index contributed by atoms with van der Waals surface area (Å²) in [7, 11) is 0. The van der Waals surface area contributed by atoms with Crippen molar-refractivity contribution in [2.45, 2.75) is 38.4 Å². The third kappa shape index (κ3) is 2.86. The first kappa shape index (κ1) is 13.0. The molecule has 0 saturated carbocycles. The monoisotopic (exact) mass is 312 g/mol. The second-order valence-corrected chi connectivity index (χ2v) is 6.86. The Morgan fingerprint density at radius 2 is 2.12 bits per heavy atom. The largest absolute Gasteiger partial charge is 0.241 e. The second kappa shape index (κ2) is 5.44. The summed E-state index contributed by atoms with van der Waals surface area (Å²) in [6.07, 6.45) is 3.73. The van der Waals surface area contributed by atoms with Crippen molar-refractivity contribution in [3.05, 3.63) is 23.0 Å². The Bertz CT molecular complexity index is 507. The molecule has 0 bridgehead atoms. The fourth-order valence-electron chi connectivity index (χ4n) is 1.71. The van der Waals surface area contributed by atoms with Crippen LogP contribution in [0.5, 0.6) is 0 Å². The van der Waals surface area contributed by atoms with Gasteiger partial charge in [-0.3, -0.25) is 0 Å². The van der Waals surface area contributed by atoms with E-state index in [4.69, 9.17) is 0 Å². The van der Waals surface area contributed by atoms with Gasteiger partial charge in [-0.05, 0) is 18.4 Å². The fourth-order valence-corrected chi connectivity index (χ4v) is 2.97. The molecule has 2 heterocycles. The van der Waals surface area contributed by atoms with E-state index < -0.39 is 0 Å². The van der Waals surface area contributed by atoms with Gasteiger partial charge < -0.3 is 0 Å². The third-order valence-corrected chi connectivity index (χ3v) is 5.49. The molecule has 0 aliphatic carbocycles. The van der Waals surface area contributed by atoms with Crippen LogP contribution in [0, 0.1) is 5.92 Å². The van der Waals surface area contributed by atoms with Crippen LogP contribution in [0.4, 0.5) is 0 Å². The summed E-state index contributed by atoms with van der Waals surface area (Å²) < 4.78 is 0. The molecule has 1 atom stereocenters. The van der Waals surface area contributed by atoms with E-state index >= 15 is 0 Å². The second-order valence-electron chi connectivity index (χ2n) is 4.57. The Labute approximate surface area is 115 Å². The van der Waals surface area contributed by atoms with E-state index in [9.17, 15) is 0 Å². The normalized spacial score (nSPS) is 13.5. The van der Waals surface area contributed by atoms with E-state index in [0.29, 0.717) is 10.7 Å². The SMILES string of the molecule is CCc1cc2c(CC(Br)C(C)C)ncnc2s1. The highest BCUT2D eigenvalue weighted by atomic mass is 79.9. The first-order chi connectivity index (χ1) is 8.11. The molecule has 92 valence electrons. The molecule has 0 spiro atoms. The highest BCUT2D eigenvalue weighted by Crippen LogP contribution is 2.28. The molecule has 2 aromatic rings. The summed E-state index contributed by atoms with van der Waals surface area (Å²) >= 11 is 5.51. The minimum Gasteiger partial charge on any atom is -0.241 e. The van der Waals surface area contributed by atoms with Crippen LogP contribution in [0.3, 0.4) is 0 Å². The topological polar surface area (TPSA) is 25.8 Å². The van der Waals surface area contributed by atoms with Crippen molar-refractivity contribution in [1.82, 2.24) is 9.97 Å². The summed E-state index contributed by atoms with van der Waals surface area (Å²) in [5.41, 5.74) is 1.17. The van der Waals surface area contributed by atoms with E-state index in [1.165, 1.54) is 16.0 Å². The number of thiophene rings is 1. The molecule has 2 nitrogen and oxygen atoms in total. The van der Waals surface area contributed by atoms with Gasteiger partial charge in [-0.2, -0.15) is 0 Å². The molecule has 0 aromatic carbocycles. The van der Waals surface area contributed by atoms with Crippen molar-refractivity contribution < 1.29 is 0 Å². The molecule has 0 saturated heterocycles. The third-order valence-electron chi connectivity index (χ3n) is 2.92. The minimum absolute atomic E-state index is 0.477. The molecular weight excluding hydrogens is 296 g/mol. The summed E-state index contributed by atoms with van der Waals surface area (Å²) in [5, 5.41) is 1.24. The van der Waals surface area contributed by atoms with Gasteiger partial charge in [-0.15, -0.1) is 11.3 Å². The van der Waals surface area contributed by atoms with Crippen LogP contribution in [-0.2, 0) is 12.8 Å². The van der Waals surface area contributed by atoms with Gasteiger partial charge in [0, 0.05) is 21.5 Å².